The van der Waals surface area contributed by atoms with Crippen LogP contribution in [-0.2, 0) is 18.3 Å². The van der Waals surface area contributed by atoms with Gasteiger partial charge in [0, 0.05) is 19.3 Å². The average Bonchev–Trinajstić information content (AvgIpc) is 3.37. The largest absolute Gasteiger partial charge is 0.472 e. The van der Waals surface area contributed by atoms with E-state index in [1.807, 2.05) is 0 Å². The minimum absolute atomic E-state index is 0.0798. The van der Waals surface area contributed by atoms with Crippen LogP contribution in [0, 0.1) is 0 Å². The molecular weight excluding hydrogens is 647 g/mol. The number of hydrogen-bond donors (Lipinski definition) is 3. The third-order valence-electron chi connectivity index (χ3n) is 9.03. The number of phosphoric acid groups is 1. The fourth-order valence-electron chi connectivity index (χ4n) is 5.89. The van der Waals surface area contributed by atoms with Crippen molar-refractivity contribution in [3.63, 3.8) is 0 Å². The molecule has 0 spiro atoms. The van der Waals surface area contributed by atoms with Crippen LogP contribution in [0.3, 0.4) is 0 Å². The number of aromatic nitrogens is 2. The van der Waals surface area contributed by atoms with E-state index in [1.54, 1.807) is 6.34 Å². The normalized spacial score (nSPS) is 20.7. The number of ether oxygens (including phenoxy) is 1. The molecule has 0 saturated carbocycles. The Balaban J connectivity index is 1.64. The Morgan fingerprint density at radius 3 is 1.84 bits per heavy atom. The summed E-state index contributed by atoms with van der Waals surface area (Å²) in [6, 6.07) is 1.52. The highest BCUT2D eigenvalue weighted by Gasteiger charge is 2.45. The third-order valence-corrected chi connectivity index (χ3v) is 10.0. The molecule has 1 aromatic rings. The van der Waals surface area contributed by atoms with Gasteiger partial charge in [0.05, 0.1) is 19.6 Å². The summed E-state index contributed by atoms with van der Waals surface area (Å²) in [6.45, 7) is 7.82. The number of unbranched alkanes of at least 4 members (excludes halogenated alkanes) is 17. The molecule has 13 heteroatoms. The Morgan fingerprint density at radius 2 is 1.33 bits per heavy atom. The van der Waals surface area contributed by atoms with Crippen molar-refractivity contribution >= 4 is 20.0 Å². The van der Waals surface area contributed by atoms with Crippen LogP contribution in [0.4, 0.5) is 5.82 Å². The molecule has 0 aliphatic carbocycles. The quantitative estimate of drug-likeness (QED) is 0.0311. The molecule has 1 saturated heterocycles. The first-order valence-corrected chi connectivity index (χ1v) is 20.7. The van der Waals surface area contributed by atoms with Gasteiger partial charge in [0.1, 0.15) is 18.3 Å². The van der Waals surface area contributed by atoms with Gasteiger partial charge >= 0.3 is 13.5 Å². The van der Waals surface area contributed by atoms with E-state index in [0.717, 1.165) is 62.6 Å². The zero-order valence-electron chi connectivity index (χ0n) is 30.6. The lowest BCUT2D eigenvalue weighted by molar-refractivity contribution is -0.0551. The number of rotatable bonds is 30. The SMILES string of the molecule is CCCCCCCCCCCCCCCCCCOP(=O)(O)OC[C@H]1O[C@@H](n2ccc(N=CN(CCCC)CCCC)nc2=O)[C@@H](O)[C@@H]1O. The second-order valence-electron chi connectivity index (χ2n) is 13.4. The molecule has 0 amide bonds. The molecule has 49 heavy (non-hydrogen) atoms. The van der Waals surface area contributed by atoms with Crippen LogP contribution in [0.1, 0.15) is 155 Å². The van der Waals surface area contributed by atoms with Gasteiger partial charge in [0.25, 0.3) is 0 Å². The molecule has 0 bridgehead atoms. The van der Waals surface area contributed by atoms with Gasteiger partial charge in [0.15, 0.2) is 12.0 Å². The molecule has 1 aliphatic heterocycles. The smallest absolute Gasteiger partial charge is 0.387 e. The fourth-order valence-corrected chi connectivity index (χ4v) is 6.66. The Labute approximate surface area is 295 Å². The van der Waals surface area contributed by atoms with Crippen molar-refractivity contribution in [3.05, 3.63) is 22.7 Å². The van der Waals surface area contributed by atoms with Crippen molar-refractivity contribution < 1.29 is 33.5 Å². The minimum atomic E-state index is -4.39. The summed E-state index contributed by atoms with van der Waals surface area (Å²) in [5.41, 5.74) is -0.712. The predicted octanol–water partition coefficient (Wildman–Crippen LogP) is 7.82. The standard InChI is InChI=1S/C36H67N4O8P/c1-4-7-10-11-12-13-14-15-16-17-18-19-20-21-22-23-28-46-49(44,45)47-29-31-33(41)34(42)35(48-31)40-27-24-32(38-36(40)43)37-30-39(25-8-5-2)26-9-6-3/h24,27,30-31,33-35,41-42H,4-23,25-26,28-29H2,1-3H3,(H,44,45)/t31-,33-,34+,35-/m1/s1. The Kier molecular flexibility index (Phi) is 23.2. The lowest BCUT2D eigenvalue weighted by atomic mass is 10.0. The van der Waals surface area contributed by atoms with E-state index >= 15 is 0 Å². The van der Waals surface area contributed by atoms with E-state index in [-0.39, 0.29) is 12.4 Å². The topological polar surface area (TPSA) is 156 Å². The Morgan fingerprint density at radius 1 is 0.816 bits per heavy atom. The molecule has 2 rings (SSSR count). The molecule has 1 unspecified atom stereocenters. The molecule has 3 N–H and O–H groups in total. The summed E-state index contributed by atoms with van der Waals surface area (Å²) in [4.78, 5) is 33.4. The van der Waals surface area contributed by atoms with E-state index in [0.29, 0.717) is 6.42 Å². The summed E-state index contributed by atoms with van der Waals surface area (Å²) in [5, 5.41) is 21.1. The lowest BCUT2D eigenvalue weighted by Crippen LogP contribution is -2.36. The minimum Gasteiger partial charge on any atom is -0.387 e. The lowest BCUT2D eigenvalue weighted by Gasteiger charge is -2.19. The van der Waals surface area contributed by atoms with Gasteiger partial charge in [-0.1, -0.05) is 130 Å². The summed E-state index contributed by atoms with van der Waals surface area (Å²) in [5.74, 6) is 0.217. The maximum absolute atomic E-state index is 12.8. The molecule has 0 radical (unpaired) electrons. The maximum atomic E-state index is 12.8. The fraction of sp³-hybridized carbons (Fsp3) is 0.861. The summed E-state index contributed by atoms with van der Waals surface area (Å²) in [7, 11) is -4.39. The van der Waals surface area contributed by atoms with Crippen molar-refractivity contribution in [2.24, 2.45) is 4.99 Å². The second kappa shape index (κ2) is 26.2. The Hall–Kier alpha value is -1.66. The van der Waals surface area contributed by atoms with Gasteiger partial charge < -0.3 is 24.7 Å². The van der Waals surface area contributed by atoms with E-state index in [1.165, 1.54) is 89.3 Å². The van der Waals surface area contributed by atoms with E-state index < -0.39 is 44.7 Å². The Bertz CT molecular complexity index is 1110. The number of aliphatic hydroxyl groups excluding tert-OH is 2. The molecule has 5 atom stereocenters. The number of phosphoric ester groups is 1. The van der Waals surface area contributed by atoms with Crippen LogP contribution < -0.4 is 5.69 Å². The predicted molar refractivity (Wildman–Crippen MR) is 195 cm³/mol. The number of aliphatic imine (C=N–C) groups is 1. The van der Waals surface area contributed by atoms with Crippen molar-refractivity contribution in [1.29, 1.82) is 0 Å². The molecule has 12 nitrogen and oxygen atoms in total. The third kappa shape index (κ3) is 18.4. The van der Waals surface area contributed by atoms with Crippen LogP contribution in [0.25, 0.3) is 0 Å². The van der Waals surface area contributed by atoms with E-state index in [4.69, 9.17) is 13.8 Å². The summed E-state index contributed by atoms with van der Waals surface area (Å²) in [6.07, 6.45) is 21.7. The van der Waals surface area contributed by atoms with Crippen LogP contribution >= 0.6 is 7.82 Å². The maximum Gasteiger partial charge on any atom is 0.472 e. The zero-order chi connectivity index (χ0) is 35.7. The van der Waals surface area contributed by atoms with Crippen molar-refractivity contribution in [1.82, 2.24) is 14.5 Å². The second-order valence-corrected chi connectivity index (χ2v) is 14.9. The van der Waals surface area contributed by atoms with Gasteiger partial charge in [-0.2, -0.15) is 4.98 Å². The van der Waals surface area contributed by atoms with Crippen LogP contribution in [0.5, 0.6) is 0 Å². The first-order valence-electron chi connectivity index (χ1n) is 19.2. The molecular formula is C36H67N4O8P. The molecule has 1 aliphatic rings. The van der Waals surface area contributed by atoms with Crippen molar-refractivity contribution in [2.45, 2.75) is 174 Å². The summed E-state index contributed by atoms with van der Waals surface area (Å²) < 4.78 is 29.3. The average molecular weight is 715 g/mol. The van der Waals surface area contributed by atoms with E-state index in [2.05, 4.69) is 35.6 Å². The van der Waals surface area contributed by atoms with Gasteiger partial charge in [-0.25, -0.2) is 14.4 Å². The number of aliphatic hydroxyl groups is 2. The van der Waals surface area contributed by atoms with Crippen molar-refractivity contribution in [3.8, 4) is 0 Å². The molecule has 1 fully saturated rings. The van der Waals surface area contributed by atoms with Gasteiger partial charge in [-0.3, -0.25) is 13.6 Å². The highest BCUT2D eigenvalue weighted by molar-refractivity contribution is 7.47. The van der Waals surface area contributed by atoms with E-state index in [9.17, 15) is 24.5 Å². The first kappa shape index (κ1) is 43.5. The molecule has 284 valence electrons. The summed E-state index contributed by atoms with van der Waals surface area (Å²) >= 11 is 0. The van der Waals surface area contributed by atoms with Gasteiger partial charge in [0.2, 0.25) is 0 Å². The highest BCUT2D eigenvalue weighted by Crippen LogP contribution is 2.44. The number of hydrogen-bond acceptors (Lipinski definition) is 9. The van der Waals surface area contributed by atoms with Gasteiger partial charge in [-0.15, -0.1) is 0 Å². The number of nitrogens with zero attached hydrogens (tertiary/aromatic N) is 4. The monoisotopic (exact) mass is 714 g/mol. The highest BCUT2D eigenvalue weighted by atomic mass is 31.2. The van der Waals surface area contributed by atoms with Crippen LogP contribution in [0.2, 0.25) is 0 Å². The van der Waals surface area contributed by atoms with Gasteiger partial charge in [-0.05, 0) is 25.3 Å². The first-order chi connectivity index (χ1) is 23.7. The van der Waals surface area contributed by atoms with Crippen LogP contribution in [0.15, 0.2) is 22.1 Å². The molecule has 1 aromatic heterocycles. The van der Waals surface area contributed by atoms with Crippen LogP contribution in [-0.4, -0.2) is 80.5 Å². The zero-order valence-corrected chi connectivity index (χ0v) is 31.5. The molecule has 2 heterocycles. The van der Waals surface area contributed by atoms with Crippen molar-refractivity contribution in [2.75, 3.05) is 26.3 Å². The molecule has 0 aromatic carbocycles.